The van der Waals surface area contributed by atoms with Gasteiger partial charge in [0.25, 0.3) is 5.95 Å². The van der Waals surface area contributed by atoms with E-state index in [2.05, 4.69) is 42.6 Å². The lowest BCUT2D eigenvalue weighted by atomic mass is 10.2. The first-order chi connectivity index (χ1) is 14.5. The van der Waals surface area contributed by atoms with Crippen LogP contribution in [0.1, 0.15) is 30.8 Å². The predicted molar refractivity (Wildman–Crippen MR) is 114 cm³/mol. The molecule has 2 aromatic rings. The number of nitrogens with one attached hydrogen (secondary N) is 3. The monoisotopic (exact) mass is 410 g/mol. The van der Waals surface area contributed by atoms with Crippen LogP contribution in [-0.4, -0.2) is 51.7 Å². The van der Waals surface area contributed by atoms with Crippen molar-refractivity contribution in [2.24, 2.45) is 0 Å². The molecule has 3 heterocycles. The number of hydrazine groups is 2. The van der Waals surface area contributed by atoms with E-state index >= 15 is 0 Å². The summed E-state index contributed by atoms with van der Waals surface area (Å²) in [4.78, 5) is 25.2. The fourth-order valence-electron chi connectivity index (χ4n) is 3.44. The standard InChI is InChI=1S/C20H26N8O2/c1-4-5-8-21-20(29)24-15-7-6-13(2)16(9-15)26-28-19-23-12-22-18(25-19)17-11-27(28)10-14(3)30-17/h4,6-7,9,12,14,17,26H,1,5,8,10-11H2,2-3H3,(H2,21,24,29). The molecule has 1 fully saturated rings. The first-order valence-electron chi connectivity index (χ1n) is 9.96. The maximum atomic E-state index is 12.1. The van der Waals surface area contributed by atoms with Crippen LogP contribution in [0, 0.1) is 6.92 Å². The molecule has 10 nitrogen and oxygen atoms in total. The van der Waals surface area contributed by atoms with E-state index in [-0.39, 0.29) is 18.2 Å². The molecule has 0 saturated carbocycles. The zero-order valence-electron chi connectivity index (χ0n) is 17.1. The fourth-order valence-corrected chi connectivity index (χ4v) is 3.44. The third kappa shape index (κ3) is 4.34. The molecule has 2 aliphatic rings. The van der Waals surface area contributed by atoms with Gasteiger partial charge in [0.2, 0.25) is 0 Å². The molecule has 0 radical (unpaired) electrons. The van der Waals surface area contributed by atoms with Crippen molar-refractivity contribution in [3.8, 4) is 0 Å². The molecule has 3 N–H and O–H groups in total. The maximum absolute atomic E-state index is 12.1. The van der Waals surface area contributed by atoms with Gasteiger partial charge in [0.1, 0.15) is 12.4 Å². The highest BCUT2D eigenvalue weighted by Crippen LogP contribution is 2.30. The lowest BCUT2D eigenvalue weighted by Crippen LogP contribution is -2.54. The van der Waals surface area contributed by atoms with Crippen molar-refractivity contribution in [3.63, 3.8) is 0 Å². The van der Waals surface area contributed by atoms with Crippen LogP contribution in [0.15, 0.2) is 37.2 Å². The van der Waals surface area contributed by atoms with E-state index in [1.165, 1.54) is 6.33 Å². The molecule has 30 heavy (non-hydrogen) atoms. The first-order valence-corrected chi connectivity index (χ1v) is 9.96. The number of hydrogen-bond donors (Lipinski definition) is 3. The quantitative estimate of drug-likeness (QED) is 0.492. The van der Waals surface area contributed by atoms with Crippen LogP contribution in [0.5, 0.6) is 0 Å². The largest absolute Gasteiger partial charge is 0.364 e. The topological polar surface area (TPSA) is 108 Å². The molecule has 2 amide bonds. The van der Waals surface area contributed by atoms with Gasteiger partial charge in [-0.2, -0.15) is 20.1 Å². The Labute approximate surface area is 175 Å². The van der Waals surface area contributed by atoms with Gasteiger partial charge in [0.15, 0.2) is 5.82 Å². The highest BCUT2D eigenvalue weighted by atomic mass is 16.5. The van der Waals surface area contributed by atoms with Crippen LogP contribution in [0.3, 0.4) is 0 Å². The number of morpholine rings is 1. The average molecular weight is 410 g/mol. The summed E-state index contributed by atoms with van der Waals surface area (Å²) in [5.74, 6) is 1.13. The number of carbonyl (C=O) groups excluding carboxylic acids is 1. The Balaban J connectivity index is 1.54. The summed E-state index contributed by atoms with van der Waals surface area (Å²) in [6, 6.07) is 5.44. The number of rotatable bonds is 6. The number of nitrogens with zero attached hydrogens (tertiary/aromatic N) is 5. The number of ether oxygens (including phenoxy) is 1. The molecule has 4 bridgehead atoms. The second-order valence-electron chi connectivity index (χ2n) is 7.36. The van der Waals surface area contributed by atoms with Gasteiger partial charge in [-0.05, 0) is 38.0 Å². The van der Waals surface area contributed by atoms with E-state index in [0.29, 0.717) is 37.1 Å². The van der Waals surface area contributed by atoms with Crippen molar-refractivity contribution >= 4 is 23.4 Å². The first kappa shape index (κ1) is 20.0. The normalized spacial score (nSPS) is 22.1. The number of aromatic nitrogens is 3. The van der Waals surface area contributed by atoms with Gasteiger partial charge < -0.3 is 15.4 Å². The smallest absolute Gasteiger partial charge is 0.319 e. The van der Waals surface area contributed by atoms with Crippen LogP contribution in [0.2, 0.25) is 0 Å². The molecule has 158 valence electrons. The van der Waals surface area contributed by atoms with Crippen molar-refractivity contribution < 1.29 is 9.53 Å². The number of carbonyl (C=O) groups is 1. The summed E-state index contributed by atoms with van der Waals surface area (Å²) in [6.45, 7) is 9.52. The lowest BCUT2D eigenvalue weighted by molar-refractivity contribution is -0.0814. The average Bonchev–Trinajstić information content (AvgIpc) is 2.79. The van der Waals surface area contributed by atoms with E-state index < -0.39 is 0 Å². The highest BCUT2D eigenvalue weighted by molar-refractivity contribution is 5.90. The summed E-state index contributed by atoms with van der Waals surface area (Å²) in [5, 5.41) is 9.60. The minimum Gasteiger partial charge on any atom is -0.364 e. The third-order valence-corrected chi connectivity index (χ3v) is 4.93. The minimum atomic E-state index is -0.256. The Kier molecular flexibility index (Phi) is 5.77. The minimum absolute atomic E-state index is 0.0271. The molecule has 1 saturated heterocycles. The summed E-state index contributed by atoms with van der Waals surface area (Å²) < 4.78 is 5.99. The Bertz CT molecular complexity index is 937. The van der Waals surface area contributed by atoms with E-state index in [1.807, 2.05) is 37.2 Å². The molecule has 4 rings (SSSR count). The molecule has 2 aliphatic heterocycles. The van der Waals surface area contributed by atoms with Crippen molar-refractivity contribution in [1.29, 1.82) is 0 Å². The summed E-state index contributed by atoms with van der Waals surface area (Å²) in [5.41, 5.74) is 5.93. The number of fused-ring (bicyclic) bond motifs is 5. The number of aryl methyl sites for hydroxylation is 1. The van der Waals surface area contributed by atoms with Crippen LogP contribution < -0.4 is 21.2 Å². The van der Waals surface area contributed by atoms with Crippen molar-refractivity contribution in [1.82, 2.24) is 25.3 Å². The van der Waals surface area contributed by atoms with Gasteiger partial charge in [0.05, 0.1) is 18.3 Å². The fraction of sp³-hybridized carbons (Fsp3) is 0.400. The molecule has 0 aliphatic carbocycles. The molecule has 1 aromatic heterocycles. The molecule has 1 aromatic carbocycles. The summed E-state index contributed by atoms with van der Waals surface area (Å²) >= 11 is 0. The van der Waals surface area contributed by atoms with Crippen LogP contribution in [0.4, 0.5) is 22.1 Å². The van der Waals surface area contributed by atoms with Crippen LogP contribution >= 0.6 is 0 Å². The van der Waals surface area contributed by atoms with Crippen LogP contribution in [0.25, 0.3) is 0 Å². The number of benzene rings is 1. The molecule has 0 spiro atoms. The maximum Gasteiger partial charge on any atom is 0.319 e. The SMILES string of the molecule is C=CCCNC(=O)Nc1ccc(C)c(NN2c3ncnc(n3)C3CN2CC(C)O3)c1. The zero-order valence-corrected chi connectivity index (χ0v) is 17.1. The molecule has 3 atom stereocenters. The molecular weight excluding hydrogens is 384 g/mol. The Hall–Kier alpha value is -3.24. The molecule has 10 heteroatoms. The van der Waals surface area contributed by atoms with E-state index in [9.17, 15) is 4.79 Å². The van der Waals surface area contributed by atoms with Crippen molar-refractivity contribution in [2.75, 3.05) is 35.5 Å². The number of urea groups is 1. The Morgan fingerprint density at radius 2 is 2.23 bits per heavy atom. The van der Waals surface area contributed by atoms with Gasteiger partial charge in [-0.15, -0.1) is 6.58 Å². The number of hydrogen-bond acceptors (Lipinski definition) is 8. The summed E-state index contributed by atoms with van der Waals surface area (Å²) in [7, 11) is 0. The highest BCUT2D eigenvalue weighted by Gasteiger charge is 2.36. The van der Waals surface area contributed by atoms with Gasteiger partial charge >= 0.3 is 6.03 Å². The predicted octanol–water partition coefficient (Wildman–Crippen LogP) is 2.40. The second-order valence-corrected chi connectivity index (χ2v) is 7.36. The Morgan fingerprint density at radius 3 is 3.07 bits per heavy atom. The van der Waals surface area contributed by atoms with E-state index in [4.69, 9.17) is 4.74 Å². The number of amides is 2. The molecular formula is C20H26N8O2. The van der Waals surface area contributed by atoms with Gasteiger partial charge in [-0.25, -0.2) is 9.78 Å². The molecule has 3 unspecified atom stereocenters. The lowest BCUT2D eigenvalue weighted by Gasteiger charge is -2.40. The van der Waals surface area contributed by atoms with Crippen molar-refractivity contribution in [2.45, 2.75) is 32.5 Å². The van der Waals surface area contributed by atoms with Crippen LogP contribution in [-0.2, 0) is 4.74 Å². The number of anilines is 3. The van der Waals surface area contributed by atoms with Crippen molar-refractivity contribution in [3.05, 3.63) is 48.6 Å². The van der Waals surface area contributed by atoms with Gasteiger partial charge in [-0.3, -0.25) is 5.43 Å². The second kappa shape index (κ2) is 8.64. The van der Waals surface area contributed by atoms with E-state index in [0.717, 1.165) is 17.7 Å². The zero-order chi connectivity index (χ0) is 21.1. The summed E-state index contributed by atoms with van der Waals surface area (Å²) in [6.07, 6.45) is 3.81. The van der Waals surface area contributed by atoms with Gasteiger partial charge in [0, 0.05) is 18.8 Å². The third-order valence-electron chi connectivity index (χ3n) is 4.93. The van der Waals surface area contributed by atoms with Gasteiger partial charge in [-0.1, -0.05) is 12.1 Å². The Morgan fingerprint density at radius 1 is 1.37 bits per heavy atom. The van der Waals surface area contributed by atoms with E-state index in [1.54, 1.807) is 6.08 Å².